The first-order valence-corrected chi connectivity index (χ1v) is 9.47. The molecule has 29 heavy (non-hydrogen) atoms. The molecular weight excluding hydrogens is 368 g/mol. The van der Waals surface area contributed by atoms with Crippen molar-refractivity contribution in [2.75, 3.05) is 23.8 Å². The predicted molar refractivity (Wildman–Crippen MR) is 113 cm³/mol. The van der Waals surface area contributed by atoms with Crippen LogP contribution < -0.4 is 15.4 Å². The summed E-state index contributed by atoms with van der Waals surface area (Å²) in [5, 5.41) is 6.52. The van der Waals surface area contributed by atoms with Crippen LogP contribution in [-0.2, 0) is 4.74 Å². The molecule has 0 fully saturated rings. The van der Waals surface area contributed by atoms with Crippen LogP contribution in [0.5, 0.6) is 5.75 Å². The number of nitrogens with one attached hydrogen (secondary N) is 2. The van der Waals surface area contributed by atoms with Crippen molar-refractivity contribution in [2.24, 2.45) is 0 Å². The zero-order chi connectivity index (χ0) is 20.6. The fourth-order valence-corrected chi connectivity index (χ4v) is 2.74. The van der Waals surface area contributed by atoms with Crippen LogP contribution in [-0.4, -0.2) is 29.2 Å². The summed E-state index contributed by atoms with van der Waals surface area (Å²) in [6.07, 6.45) is 0. The number of para-hydroxylation sites is 2. The molecule has 0 saturated heterocycles. The van der Waals surface area contributed by atoms with Crippen molar-refractivity contribution in [3.05, 3.63) is 66.0 Å². The molecule has 0 aliphatic rings. The predicted octanol–water partition coefficient (Wildman–Crippen LogP) is 4.85. The van der Waals surface area contributed by atoms with Crippen molar-refractivity contribution in [3.63, 3.8) is 0 Å². The quantitative estimate of drug-likeness (QED) is 0.530. The number of carbonyl (C=O) groups is 1. The summed E-state index contributed by atoms with van der Waals surface area (Å²) < 4.78 is 10.7. The lowest BCUT2D eigenvalue weighted by atomic mass is 10.2. The summed E-state index contributed by atoms with van der Waals surface area (Å²) >= 11 is 0. The summed E-state index contributed by atoms with van der Waals surface area (Å²) in [5.41, 5.74) is 2.14. The van der Waals surface area contributed by atoms with E-state index < -0.39 is 0 Å². The van der Waals surface area contributed by atoms with Crippen molar-refractivity contribution < 1.29 is 14.3 Å². The van der Waals surface area contributed by atoms with Crippen LogP contribution in [0.4, 0.5) is 23.0 Å². The molecule has 0 spiro atoms. The number of rotatable bonds is 8. The van der Waals surface area contributed by atoms with Gasteiger partial charge in [-0.2, -0.15) is 0 Å². The molecule has 0 amide bonds. The molecule has 0 unspecified atom stereocenters. The molecule has 1 aromatic heterocycles. The zero-order valence-electron chi connectivity index (χ0n) is 16.7. The number of hydrogen-bond acceptors (Lipinski definition) is 7. The first-order valence-electron chi connectivity index (χ1n) is 9.47. The van der Waals surface area contributed by atoms with E-state index in [-0.39, 0.29) is 5.97 Å². The van der Waals surface area contributed by atoms with Gasteiger partial charge in [-0.1, -0.05) is 12.1 Å². The molecule has 2 N–H and O–H groups in total. The fraction of sp³-hybridized carbons (Fsp3) is 0.227. The lowest BCUT2D eigenvalue weighted by Gasteiger charge is -2.13. The van der Waals surface area contributed by atoms with Crippen LogP contribution in [0.3, 0.4) is 0 Å². The van der Waals surface area contributed by atoms with Crippen LogP contribution in [0.2, 0.25) is 0 Å². The second kappa shape index (κ2) is 9.54. The van der Waals surface area contributed by atoms with E-state index in [0.29, 0.717) is 36.2 Å². The Morgan fingerprint density at radius 1 is 0.931 bits per heavy atom. The van der Waals surface area contributed by atoms with Gasteiger partial charge in [-0.25, -0.2) is 14.8 Å². The van der Waals surface area contributed by atoms with Gasteiger partial charge < -0.3 is 20.1 Å². The standard InChI is InChI=1S/C22H24N4O3/c1-4-28-19-9-7-6-8-18(19)26-21-14-20(23-15(3)24-21)25-17-12-10-16(11-13-17)22(27)29-5-2/h6-14H,4-5H2,1-3H3,(H2,23,24,25,26). The fourth-order valence-electron chi connectivity index (χ4n) is 2.74. The minimum absolute atomic E-state index is 0.337. The van der Waals surface area contributed by atoms with Gasteiger partial charge in [-0.3, -0.25) is 0 Å². The molecule has 0 radical (unpaired) electrons. The van der Waals surface area contributed by atoms with Gasteiger partial charge in [0.15, 0.2) is 0 Å². The molecule has 0 aliphatic carbocycles. The molecule has 0 bridgehead atoms. The van der Waals surface area contributed by atoms with Gasteiger partial charge in [0.05, 0.1) is 24.5 Å². The third kappa shape index (κ3) is 5.44. The minimum Gasteiger partial charge on any atom is -0.492 e. The third-order valence-electron chi connectivity index (χ3n) is 3.96. The number of ether oxygens (including phenoxy) is 2. The number of anilines is 4. The van der Waals surface area contributed by atoms with Crippen LogP contribution in [0.25, 0.3) is 0 Å². The van der Waals surface area contributed by atoms with Gasteiger partial charge in [0, 0.05) is 11.8 Å². The Kier molecular flexibility index (Phi) is 6.63. The van der Waals surface area contributed by atoms with Gasteiger partial charge in [0.1, 0.15) is 23.2 Å². The summed E-state index contributed by atoms with van der Waals surface area (Å²) in [7, 11) is 0. The number of aryl methyl sites for hydroxylation is 1. The van der Waals surface area contributed by atoms with E-state index >= 15 is 0 Å². The monoisotopic (exact) mass is 392 g/mol. The van der Waals surface area contributed by atoms with Gasteiger partial charge >= 0.3 is 5.97 Å². The highest BCUT2D eigenvalue weighted by atomic mass is 16.5. The van der Waals surface area contributed by atoms with Crippen molar-refractivity contribution >= 4 is 29.0 Å². The van der Waals surface area contributed by atoms with Crippen molar-refractivity contribution in [1.82, 2.24) is 9.97 Å². The largest absolute Gasteiger partial charge is 0.492 e. The van der Waals surface area contributed by atoms with Crippen LogP contribution in [0, 0.1) is 6.92 Å². The number of esters is 1. The molecule has 3 aromatic rings. The van der Waals surface area contributed by atoms with E-state index in [1.165, 1.54) is 0 Å². The van der Waals surface area contributed by atoms with E-state index in [0.717, 1.165) is 17.1 Å². The molecule has 7 heteroatoms. The van der Waals surface area contributed by atoms with E-state index in [9.17, 15) is 4.79 Å². The SMILES string of the molecule is CCOC(=O)c1ccc(Nc2cc(Nc3ccccc3OCC)nc(C)n2)cc1. The lowest BCUT2D eigenvalue weighted by Crippen LogP contribution is -2.05. The number of benzene rings is 2. The van der Waals surface area contributed by atoms with Crippen LogP contribution in [0.15, 0.2) is 54.6 Å². The molecule has 0 saturated carbocycles. The average molecular weight is 392 g/mol. The molecule has 0 atom stereocenters. The smallest absolute Gasteiger partial charge is 0.338 e. The Labute approximate surface area is 170 Å². The average Bonchev–Trinajstić information content (AvgIpc) is 2.70. The molecule has 3 rings (SSSR count). The summed E-state index contributed by atoms with van der Waals surface area (Å²) in [4.78, 5) is 20.7. The number of aromatic nitrogens is 2. The van der Waals surface area contributed by atoms with Crippen molar-refractivity contribution in [1.29, 1.82) is 0 Å². The Morgan fingerprint density at radius 3 is 2.31 bits per heavy atom. The first kappa shape index (κ1) is 20.1. The Hall–Kier alpha value is -3.61. The summed E-state index contributed by atoms with van der Waals surface area (Å²) in [5.74, 6) is 2.33. The van der Waals surface area contributed by atoms with Gasteiger partial charge in [0.2, 0.25) is 0 Å². The number of carbonyl (C=O) groups excluding carboxylic acids is 1. The molecule has 150 valence electrons. The van der Waals surface area contributed by atoms with E-state index in [1.54, 1.807) is 31.2 Å². The van der Waals surface area contributed by atoms with E-state index in [2.05, 4.69) is 20.6 Å². The molecule has 7 nitrogen and oxygen atoms in total. The first-order chi connectivity index (χ1) is 14.1. The maximum atomic E-state index is 11.8. The van der Waals surface area contributed by atoms with Gasteiger partial charge in [-0.05, 0) is 57.2 Å². The highest BCUT2D eigenvalue weighted by Crippen LogP contribution is 2.28. The highest BCUT2D eigenvalue weighted by Gasteiger charge is 2.08. The Balaban J connectivity index is 1.77. The number of hydrogen-bond donors (Lipinski definition) is 2. The third-order valence-corrected chi connectivity index (χ3v) is 3.96. The normalized spacial score (nSPS) is 10.3. The highest BCUT2D eigenvalue weighted by molar-refractivity contribution is 5.89. The maximum Gasteiger partial charge on any atom is 0.338 e. The second-order valence-electron chi connectivity index (χ2n) is 6.16. The van der Waals surface area contributed by atoms with Crippen molar-refractivity contribution in [2.45, 2.75) is 20.8 Å². The maximum absolute atomic E-state index is 11.8. The Bertz CT molecular complexity index is 974. The second-order valence-corrected chi connectivity index (χ2v) is 6.16. The zero-order valence-corrected chi connectivity index (χ0v) is 16.7. The molecule has 1 heterocycles. The van der Waals surface area contributed by atoms with E-state index in [1.807, 2.05) is 44.2 Å². The van der Waals surface area contributed by atoms with Crippen molar-refractivity contribution in [3.8, 4) is 5.75 Å². The van der Waals surface area contributed by atoms with Crippen LogP contribution >= 0.6 is 0 Å². The molecular formula is C22H24N4O3. The minimum atomic E-state index is -0.337. The topological polar surface area (TPSA) is 85.4 Å². The molecule has 0 aliphatic heterocycles. The van der Waals surface area contributed by atoms with Gasteiger partial charge in [-0.15, -0.1) is 0 Å². The van der Waals surface area contributed by atoms with Gasteiger partial charge in [0.25, 0.3) is 0 Å². The Morgan fingerprint density at radius 2 is 1.62 bits per heavy atom. The molecule has 2 aromatic carbocycles. The van der Waals surface area contributed by atoms with Crippen LogP contribution in [0.1, 0.15) is 30.0 Å². The number of nitrogens with zero attached hydrogens (tertiary/aromatic N) is 2. The lowest BCUT2D eigenvalue weighted by molar-refractivity contribution is 0.0526. The summed E-state index contributed by atoms with van der Waals surface area (Å²) in [6.45, 7) is 6.48. The van der Waals surface area contributed by atoms with E-state index in [4.69, 9.17) is 9.47 Å². The summed E-state index contributed by atoms with van der Waals surface area (Å²) in [6, 6.07) is 16.6.